The fourth-order valence-corrected chi connectivity index (χ4v) is 1.51. The van der Waals surface area contributed by atoms with Gasteiger partial charge in [-0.1, -0.05) is 0 Å². The van der Waals surface area contributed by atoms with Crippen molar-refractivity contribution in [2.45, 2.75) is 18.9 Å². The lowest BCUT2D eigenvalue weighted by molar-refractivity contribution is -0.385. The van der Waals surface area contributed by atoms with E-state index in [0.29, 0.717) is 11.9 Å². The Labute approximate surface area is 104 Å². The van der Waals surface area contributed by atoms with Gasteiger partial charge in [0, 0.05) is 19.2 Å². The average Bonchev–Trinajstić information content (AvgIpc) is 3.12. The average molecular weight is 250 g/mol. The van der Waals surface area contributed by atoms with Crippen LogP contribution in [0.3, 0.4) is 0 Å². The summed E-state index contributed by atoms with van der Waals surface area (Å²) in [6, 6.07) is 3.23. The number of hydrogen-bond donors (Lipinski definition) is 1. The summed E-state index contributed by atoms with van der Waals surface area (Å²) in [5, 5.41) is 13.3. The smallest absolute Gasteiger partial charge is 0.287 e. The maximum atomic E-state index is 11.6. The first-order valence-electron chi connectivity index (χ1n) is 5.67. The van der Waals surface area contributed by atoms with Crippen molar-refractivity contribution in [3.8, 4) is 0 Å². The van der Waals surface area contributed by atoms with Crippen molar-refractivity contribution >= 4 is 17.4 Å². The molecule has 1 aliphatic carbocycles. The highest BCUT2D eigenvalue weighted by Gasteiger charge is 2.23. The van der Waals surface area contributed by atoms with Crippen LogP contribution < -0.4 is 10.2 Å². The summed E-state index contributed by atoms with van der Waals surface area (Å²) >= 11 is 0. The molecule has 1 aromatic heterocycles. The standard InChI is InChI=1S/C11H14N4O3/c1-14(7-11(16)13-8-2-3-8)10-5-4-9(6-12-10)15(17)18/h4-6,8H,2-3,7H2,1H3,(H,13,16). The molecule has 0 aromatic carbocycles. The Balaban J connectivity index is 1.92. The van der Waals surface area contributed by atoms with E-state index in [-0.39, 0.29) is 18.1 Å². The van der Waals surface area contributed by atoms with E-state index in [1.54, 1.807) is 11.9 Å². The van der Waals surface area contributed by atoms with Crippen LogP contribution in [0.1, 0.15) is 12.8 Å². The molecule has 0 saturated heterocycles. The largest absolute Gasteiger partial charge is 0.352 e. The number of amides is 1. The van der Waals surface area contributed by atoms with Gasteiger partial charge >= 0.3 is 0 Å². The molecular formula is C11H14N4O3. The number of carbonyl (C=O) groups is 1. The van der Waals surface area contributed by atoms with Crippen LogP contribution in [0, 0.1) is 10.1 Å². The second kappa shape index (κ2) is 4.99. The summed E-state index contributed by atoms with van der Waals surface area (Å²) < 4.78 is 0. The monoisotopic (exact) mass is 250 g/mol. The van der Waals surface area contributed by atoms with Crippen LogP contribution in [0.15, 0.2) is 18.3 Å². The summed E-state index contributed by atoms with van der Waals surface area (Å²) in [5.41, 5.74) is -0.0606. The fourth-order valence-electron chi connectivity index (χ4n) is 1.51. The molecular weight excluding hydrogens is 236 g/mol. The quantitative estimate of drug-likeness (QED) is 0.614. The highest BCUT2D eigenvalue weighted by molar-refractivity contribution is 5.81. The van der Waals surface area contributed by atoms with Gasteiger partial charge in [-0.15, -0.1) is 0 Å². The second-order valence-electron chi connectivity index (χ2n) is 4.33. The van der Waals surface area contributed by atoms with Crippen LogP contribution in [0.4, 0.5) is 11.5 Å². The number of nitro groups is 1. The van der Waals surface area contributed by atoms with E-state index < -0.39 is 4.92 Å². The Morgan fingerprint density at radius 1 is 1.61 bits per heavy atom. The zero-order valence-electron chi connectivity index (χ0n) is 10.00. The Morgan fingerprint density at radius 2 is 2.33 bits per heavy atom. The van der Waals surface area contributed by atoms with E-state index in [2.05, 4.69) is 10.3 Å². The van der Waals surface area contributed by atoms with Gasteiger partial charge < -0.3 is 10.2 Å². The van der Waals surface area contributed by atoms with E-state index in [0.717, 1.165) is 12.8 Å². The molecule has 7 heteroatoms. The van der Waals surface area contributed by atoms with E-state index in [4.69, 9.17) is 0 Å². The summed E-state index contributed by atoms with van der Waals surface area (Å²) in [5.74, 6) is 0.478. The van der Waals surface area contributed by atoms with Crippen molar-refractivity contribution in [2.75, 3.05) is 18.5 Å². The third kappa shape index (κ3) is 3.16. The minimum atomic E-state index is -0.503. The maximum Gasteiger partial charge on any atom is 0.287 e. The Kier molecular flexibility index (Phi) is 3.40. The Bertz CT molecular complexity index is 456. The number of likely N-dealkylation sites (N-methyl/N-ethyl adjacent to an activating group) is 1. The normalized spacial score (nSPS) is 14.1. The third-order valence-electron chi connectivity index (χ3n) is 2.66. The number of nitrogens with zero attached hydrogens (tertiary/aromatic N) is 3. The molecule has 0 bridgehead atoms. The molecule has 1 fully saturated rings. The van der Waals surface area contributed by atoms with E-state index in [1.807, 2.05) is 0 Å². The molecule has 7 nitrogen and oxygen atoms in total. The van der Waals surface area contributed by atoms with Crippen LogP contribution in [-0.2, 0) is 4.79 Å². The van der Waals surface area contributed by atoms with Crippen molar-refractivity contribution in [3.63, 3.8) is 0 Å². The summed E-state index contributed by atoms with van der Waals surface area (Å²) in [4.78, 5) is 27.1. The number of carbonyl (C=O) groups excluding carboxylic acids is 1. The first kappa shape index (κ1) is 12.3. The van der Waals surface area contributed by atoms with Crippen LogP contribution in [0.2, 0.25) is 0 Å². The maximum absolute atomic E-state index is 11.6. The fraction of sp³-hybridized carbons (Fsp3) is 0.455. The van der Waals surface area contributed by atoms with Crippen molar-refractivity contribution < 1.29 is 9.72 Å². The highest BCUT2D eigenvalue weighted by atomic mass is 16.6. The van der Waals surface area contributed by atoms with Crippen LogP contribution in [0.5, 0.6) is 0 Å². The summed E-state index contributed by atoms with van der Waals surface area (Å²) in [6.45, 7) is 0.196. The molecule has 1 aliphatic rings. The second-order valence-corrected chi connectivity index (χ2v) is 4.33. The van der Waals surface area contributed by atoms with E-state index in [9.17, 15) is 14.9 Å². The lowest BCUT2D eigenvalue weighted by atomic mass is 10.4. The van der Waals surface area contributed by atoms with Gasteiger partial charge in [-0.2, -0.15) is 0 Å². The van der Waals surface area contributed by atoms with Crippen molar-refractivity contribution in [1.82, 2.24) is 10.3 Å². The Hall–Kier alpha value is -2.18. The number of rotatable bonds is 5. The molecule has 1 saturated carbocycles. The summed E-state index contributed by atoms with van der Waals surface area (Å²) in [6.07, 6.45) is 3.28. The molecule has 0 radical (unpaired) electrons. The molecule has 2 rings (SSSR count). The van der Waals surface area contributed by atoms with Crippen LogP contribution in [-0.4, -0.2) is 35.4 Å². The molecule has 18 heavy (non-hydrogen) atoms. The van der Waals surface area contributed by atoms with Crippen LogP contribution in [0.25, 0.3) is 0 Å². The first-order chi connectivity index (χ1) is 8.56. The molecule has 1 N–H and O–H groups in total. The highest BCUT2D eigenvalue weighted by Crippen LogP contribution is 2.19. The van der Waals surface area contributed by atoms with Gasteiger partial charge in [-0.25, -0.2) is 4.98 Å². The summed E-state index contributed by atoms with van der Waals surface area (Å²) in [7, 11) is 1.72. The zero-order chi connectivity index (χ0) is 13.1. The van der Waals surface area contributed by atoms with Gasteiger partial charge in [0.1, 0.15) is 12.0 Å². The van der Waals surface area contributed by atoms with Gasteiger partial charge in [0.25, 0.3) is 5.69 Å². The zero-order valence-corrected chi connectivity index (χ0v) is 10.00. The molecule has 1 amide bonds. The minimum Gasteiger partial charge on any atom is -0.352 e. The molecule has 1 heterocycles. The van der Waals surface area contributed by atoms with Crippen molar-refractivity contribution in [1.29, 1.82) is 0 Å². The molecule has 0 spiro atoms. The minimum absolute atomic E-state index is 0.0554. The number of nitrogens with one attached hydrogen (secondary N) is 1. The molecule has 0 unspecified atom stereocenters. The molecule has 0 aliphatic heterocycles. The predicted octanol–water partition coefficient (Wildman–Crippen LogP) is 0.705. The SMILES string of the molecule is CN(CC(=O)NC1CC1)c1ccc([N+](=O)[O-])cn1. The topological polar surface area (TPSA) is 88.4 Å². The van der Waals surface area contributed by atoms with Gasteiger partial charge in [-0.3, -0.25) is 14.9 Å². The predicted molar refractivity (Wildman–Crippen MR) is 65.3 cm³/mol. The van der Waals surface area contributed by atoms with Crippen molar-refractivity contribution in [3.05, 3.63) is 28.4 Å². The number of anilines is 1. The van der Waals surface area contributed by atoms with Crippen LogP contribution >= 0.6 is 0 Å². The third-order valence-corrected chi connectivity index (χ3v) is 2.66. The molecule has 0 atom stereocenters. The Morgan fingerprint density at radius 3 is 2.83 bits per heavy atom. The van der Waals surface area contributed by atoms with E-state index in [1.165, 1.54) is 18.3 Å². The van der Waals surface area contributed by atoms with Crippen molar-refractivity contribution in [2.24, 2.45) is 0 Å². The number of hydrogen-bond acceptors (Lipinski definition) is 5. The lowest BCUT2D eigenvalue weighted by Crippen LogP contribution is -2.36. The molecule has 1 aromatic rings. The first-order valence-corrected chi connectivity index (χ1v) is 5.67. The van der Waals surface area contributed by atoms with Gasteiger partial charge in [0.15, 0.2) is 0 Å². The number of pyridine rings is 1. The van der Waals surface area contributed by atoms with E-state index >= 15 is 0 Å². The number of aromatic nitrogens is 1. The van der Waals surface area contributed by atoms with Gasteiger partial charge in [0.2, 0.25) is 5.91 Å². The lowest BCUT2D eigenvalue weighted by Gasteiger charge is -2.17. The van der Waals surface area contributed by atoms with Gasteiger partial charge in [0.05, 0.1) is 11.5 Å². The van der Waals surface area contributed by atoms with Gasteiger partial charge in [-0.05, 0) is 18.9 Å². The molecule has 96 valence electrons.